The minimum atomic E-state index is 0.209. The lowest BCUT2D eigenvalue weighted by molar-refractivity contribution is 0.476. The number of hydrogen-bond acceptors (Lipinski definition) is 3. The normalized spacial score (nSPS) is 11.1. The van der Waals surface area contributed by atoms with Crippen molar-refractivity contribution in [1.29, 1.82) is 0 Å². The summed E-state index contributed by atoms with van der Waals surface area (Å²) in [4.78, 5) is 9.86. The van der Waals surface area contributed by atoms with Gasteiger partial charge in [0.1, 0.15) is 5.75 Å². The van der Waals surface area contributed by atoms with E-state index in [0.717, 1.165) is 89.1 Å². The highest BCUT2D eigenvalue weighted by molar-refractivity contribution is 5.94. The van der Waals surface area contributed by atoms with Crippen molar-refractivity contribution in [3.05, 3.63) is 200 Å². The van der Waals surface area contributed by atoms with Gasteiger partial charge in [0, 0.05) is 28.3 Å². The van der Waals surface area contributed by atoms with Crippen molar-refractivity contribution in [3.63, 3.8) is 0 Å². The monoisotopic (exact) mass is 678 g/mol. The van der Waals surface area contributed by atoms with Gasteiger partial charge in [-0.25, -0.2) is 4.98 Å². The lowest BCUT2D eigenvalue weighted by Crippen LogP contribution is -1.93. The molecule has 0 saturated heterocycles. The Labute approximate surface area is 309 Å². The maximum absolute atomic E-state index is 11.3. The maximum Gasteiger partial charge on any atom is 0.116 e. The van der Waals surface area contributed by atoms with Crippen LogP contribution in [0.2, 0.25) is 0 Å². The summed E-state index contributed by atoms with van der Waals surface area (Å²) < 4.78 is 0. The molecule has 0 atom stereocenters. The van der Waals surface area contributed by atoms with Crippen molar-refractivity contribution in [2.24, 2.45) is 0 Å². The molecule has 0 bridgehead atoms. The Hall–Kier alpha value is -7.10. The Bertz CT molecular complexity index is 2720. The summed E-state index contributed by atoms with van der Waals surface area (Å²) in [7, 11) is 0. The molecule has 3 nitrogen and oxygen atoms in total. The number of aromatic hydroxyl groups is 1. The molecule has 0 spiro atoms. The average Bonchev–Trinajstić information content (AvgIpc) is 3.24. The molecule has 0 saturated carbocycles. The van der Waals surface area contributed by atoms with E-state index in [0.29, 0.717) is 0 Å². The van der Waals surface area contributed by atoms with E-state index >= 15 is 0 Å². The van der Waals surface area contributed by atoms with E-state index in [1.807, 2.05) is 60.8 Å². The Morgan fingerprint density at radius 1 is 0.321 bits per heavy atom. The predicted octanol–water partition coefficient (Wildman–Crippen LogP) is 13.0. The van der Waals surface area contributed by atoms with Gasteiger partial charge in [-0.15, -0.1) is 0 Å². The van der Waals surface area contributed by atoms with Crippen LogP contribution in [0.3, 0.4) is 0 Å². The summed E-state index contributed by atoms with van der Waals surface area (Å²) in [5.74, 6) is 0.209. The molecule has 0 radical (unpaired) electrons. The Morgan fingerprint density at radius 2 is 0.830 bits per heavy atom. The summed E-state index contributed by atoms with van der Waals surface area (Å²) >= 11 is 0. The first-order chi connectivity index (χ1) is 26.2. The highest BCUT2D eigenvalue weighted by Crippen LogP contribution is 2.42. The smallest absolute Gasteiger partial charge is 0.116 e. The van der Waals surface area contributed by atoms with Crippen LogP contribution in [0, 0.1) is 0 Å². The van der Waals surface area contributed by atoms with Crippen LogP contribution in [0.15, 0.2) is 200 Å². The first-order valence-electron chi connectivity index (χ1n) is 17.8. The quantitative estimate of drug-likeness (QED) is 0.182. The molecule has 0 unspecified atom stereocenters. The number of fused-ring (bicyclic) bond motifs is 1. The van der Waals surface area contributed by atoms with E-state index < -0.39 is 0 Å². The third-order valence-corrected chi connectivity index (χ3v) is 9.83. The minimum absolute atomic E-state index is 0.209. The zero-order chi connectivity index (χ0) is 35.6. The summed E-state index contributed by atoms with van der Waals surface area (Å²) in [6.45, 7) is 0. The van der Waals surface area contributed by atoms with E-state index in [1.54, 1.807) is 0 Å². The van der Waals surface area contributed by atoms with Gasteiger partial charge in [0.2, 0.25) is 0 Å². The fourth-order valence-electron chi connectivity index (χ4n) is 7.22. The van der Waals surface area contributed by atoms with Crippen LogP contribution in [0.4, 0.5) is 0 Å². The molecule has 1 N–H and O–H groups in total. The van der Waals surface area contributed by atoms with E-state index in [9.17, 15) is 5.11 Å². The second kappa shape index (κ2) is 13.9. The van der Waals surface area contributed by atoms with Crippen LogP contribution >= 0.6 is 0 Å². The van der Waals surface area contributed by atoms with Crippen LogP contribution in [0.25, 0.3) is 89.1 Å². The molecule has 250 valence electrons. The number of phenols is 1. The first-order valence-corrected chi connectivity index (χ1v) is 17.8. The highest BCUT2D eigenvalue weighted by Gasteiger charge is 2.17. The topological polar surface area (TPSA) is 46.0 Å². The van der Waals surface area contributed by atoms with Crippen LogP contribution in [-0.4, -0.2) is 15.1 Å². The first kappa shape index (κ1) is 31.9. The fourth-order valence-corrected chi connectivity index (χ4v) is 7.22. The number of rotatable bonds is 7. The number of aromatic nitrogens is 2. The molecule has 0 aliphatic heterocycles. The van der Waals surface area contributed by atoms with Gasteiger partial charge in [-0.3, -0.25) is 4.98 Å². The van der Waals surface area contributed by atoms with Gasteiger partial charge < -0.3 is 5.11 Å². The second-order valence-electron chi connectivity index (χ2n) is 13.2. The van der Waals surface area contributed by atoms with Crippen LogP contribution in [0.5, 0.6) is 5.75 Å². The molecule has 7 aromatic carbocycles. The number of benzene rings is 7. The number of nitrogens with zero attached hydrogens (tertiary/aromatic N) is 2. The van der Waals surface area contributed by atoms with Crippen molar-refractivity contribution in [3.8, 4) is 83.9 Å². The molecule has 2 aromatic heterocycles. The van der Waals surface area contributed by atoms with E-state index in [2.05, 4.69) is 140 Å². The molecule has 0 amide bonds. The third kappa shape index (κ3) is 6.37. The molecule has 0 fully saturated rings. The average molecular weight is 679 g/mol. The van der Waals surface area contributed by atoms with Crippen LogP contribution in [-0.2, 0) is 0 Å². The maximum atomic E-state index is 11.3. The fraction of sp³-hybridized carbons (Fsp3) is 0. The zero-order valence-electron chi connectivity index (χ0n) is 28.9. The molecular weight excluding hydrogens is 645 g/mol. The Morgan fingerprint density at radius 3 is 1.53 bits per heavy atom. The van der Waals surface area contributed by atoms with Gasteiger partial charge in [-0.1, -0.05) is 158 Å². The minimum Gasteiger partial charge on any atom is -0.508 e. The Kier molecular flexibility index (Phi) is 8.35. The van der Waals surface area contributed by atoms with Gasteiger partial charge in [0.25, 0.3) is 0 Å². The summed E-state index contributed by atoms with van der Waals surface area (Å²) in [5, 5.41) is 12.4. The number of hydrogen-bond donors (Lipinski definition) is 1. The van der Waals surface area contributed by atoms with Gasteiger partial charge in [0.15, 0.2) is 0 Å². The Balaban J connectivity index is 1.12. The summed E-state index contributed by atoms with van der Waals surface area (Å²) in [6, 6.07) is 66.5. The standard InChI is InChI=1S/C50H34N2O/c53-41-30-39(43-19-9-8-18-42(43)35-23-25-38(26-24-35)49-28-27-37-17-7-12-22-48(37)52-49)29-40(31-41)44-20-10-11-21-45(44)47-33-51-50(36-15-5-2-6-16-36)32-46(47)34-13-3-1-4-14-34/h1-33,53H. The molecular formula is C50H34N2O. The highest BCUT2D eigenvalue weighted by atomic mass is 16.3. The SMILES string of the molecule is Oc1cc(-c2ccccc2-c2ccc(-c3ccc4ccccc4n3)cc2)cc(-c2ccccc2-c2cnc(-c3ccccc3)cc2-c2ccccc2)c1. The molecule has 9 aromatic rings. The lowest BCUT2D eigenvalue weighted by Gasteiger charge is -2.17. The van der Waals surface area contributed by atoms with E-state index in [1.165, 1.54) is 0 Å². The van der Waals surface area contributed by atoms with Gasteiger partial charge >= 0.3 is 0 Å². The third-order valence-electron chi connectivity index (χ3n) is 9.83. The zero-order valence-corrected chi connectivity index (χ0v) is 28.9. The predicted molar refractivity (Wildman–Crippen MR) is 219 cm³/mol. The van der Waals surface area contributed by atoms with Crippen LogP contribution in [0.1, 0.15) is 0 Å². The second-order valence-corrected chi connectivity index (χ2v) is 13.2. The van der Waals surface area contributed by atoms with Gasteiger partial charge in [0.05, 0.1) is 16.9 Å². The molecule has 9 rings (SSSR count). The molecule has 3 heteroatoms. The van der Waals surface area contributed by atoms with Gasteiger partial charge in [-0.05, 0) is 86.5 Å². The molecule has 0 aliphatic rings. The summed E-state index contributed by atoms with van der Waals surface area (Å²) in [5.41, 5.74) is 15.4. The van der Waals surface area contributed by atoms with Gasteiger partial charge in [-0.2, -0.15) is 0 Å². The van der Waals surface area contributed by atoms with Crippen molar-refractivity contribution >= 4 is 10.9 Å². The number of para-hydroxylation sites is 1. The largest absolute Gasteiger partial charge is 0.508 e. The molecule has 2 heterocycles. The lowest BCUT2D eigenvalue weighted by atomic mass is 9.88. The van der Waals surface area contributed by atoms with E-state index in [-0.39, 0.29) is 5.75 Å². The van der Waals surface area contributed by atoms with Crippen molar-refractivity contribution in [2.75, 3.05) is 0 Å². The van der Waals surface area contributed by atoms with E-state index in [4.69, 9.17) is 9.97 Å². The van der Waals surface area contributed by atoms with Crippen LogP contribution < -0.4 is 0 Å². The van der Waals surface area contributed by atoms with Crippen molar-refractivity contribution in [1.82, 2.24) is 9.97 Å². The number of pyridine rings is 2. The molecule has 0 aliphatic carbocycles. The number of phenolic OH excluding ortho intramolecular Hbond substituents is 1. The van der Waals surface area contributed by atoms with Crippen molar-refractivity contribution < 1.29 is 5.11 Å². The van der Waals surface area contributed by atoms with Crippen molar-refractivity contribution in [2.45, 2.75) is 0 Å². The molecule has 53 heavy (non-hydrogen) atoms. The summed E-state index contributed by atoms with van der Waals surface area (Å²) in [6.07, 6.45) is 1.99.